The fourth-order valence-corrected chi connectivity index (χ4v) is 2.96. The summed E-state index contributed by atoms with van der Waals surface area (Å²) in [6, 6.07) is 9.95. The van der Waals surface area contributed by atoms with Crippen LogP contribution in [0.2, 0.25) is 5.02 Å². The van der Waals surface area contributed by atoms with Crippen molar-refractivity contribution in [1.82, 2.24) is 0 Å². The molecule has 5 heteroatoms. The molecule has 0 saturated heterocycles. The first-order valence-corrected chi connectivity index (χ1v) is 7.58. The quantitative estimate of drug-likeness (QED) is 0.739. The number of halogens is 4. The predicted octanol–water partition coefficient (Wildman–Crippen LogP) is 5.25. The van der Waals surface area contributed by atoms with Crippen molar-refractivity contribution in [2.45, 2.75) is 12.5 Å². The molecule has 2 rings (SSSR count). The Morgan fingerprint density at radius 2 is 1.89 bits per heavy atom. The first kappa shape index (κ1) is 15.0. The highest BCUT2D eigenvalue weighted by Crippen LogP contribution is 2.28. The summed E-state index contributed by atoms with van der Waals surface area (Å²) in [5.41, 5.74) is 7.60. The molecule has 2 N–H and O–H groups in total. The molecule has 100 valence electrons. The van der Waals surface area contributed by atoms with Gasteiger partial charge in [0.15, 0.2) is 0 Å². The van der Waals surface area contributed by atoms with Gasteiger partial charge in [0, 0.05) is 20.0 Å². The summed E-state index contributed by atoms with van der Waals surface area (Å²) in [6.45, 7) is 0. The van der Waals surface area contributed by atoms with E-state index >= 15 is 0 Å². The van der Waals surface area contributed by atoms with Crippen LogP contribution in [-0.4, -0.2) is 0 Å². The maximum atomic E-state index is 13.7. The van der Waals surface area contributed by atoms with Crippen molar-refractivity contribution >= 4 is 43.5 Å². The number of rotatable bonds is 3. The molecule has 0 saturated carbocycles. The summed E-state index contributed by atoms with van der Waals surface area (Å²) in [4.78, 5) is 0. The molecule has 0 spiro atoms. The van der Waals surface area contributed by atoms with Gasteiger partial charge >= 0.3 is 0 Å². The summed E-state index contributed by atoms with van der Waals surface area (Å²) in [5, 5.41) is 0.511. The Labute approximate surface area is 133 Å². The van der Waals surface area contributed by atoms with Gasteiger partial charge in [-0.2, -0.15) is 0 Å². The molecule has 0 fully saturated rings. The van der Waals surface area contributed by atoms with Crippen molar-refractivity contribution in [1.29, 1.82) is 0 Å². The summed E-state index contributed by atoms with van der Waals surface area (Å²) in [6.07, 6.45) is 0.390. The summed E-state index contributed by atoms with van der Waals surface area (Å²) >= 11 is 12.7. The molecule has 0 bridgehead atoms. The van der Waals surface area contributed by atoms with E-state index in [0.717, 1.165) is 14.5 Å². The molecule has 0 aromatic heterocycles. The Morgan fingerprint density at radius 3 is 2.63 bits per heavy atom. The third kappa shape index (κ3) is 3.78. The summed E-state index contributed by atoms with van der Waals surface area (Å²) in [5.74, 6) is -0.286. The van der Waals surface area contributed by atoms with Gasteiger partial charge in [0.2, 0.25) is 0 Å². The van der Waals surface area contributed by atoms with Gasteiger partial charge in [-0.1, -0.05) is 43.5 Å². The number of hydrogen-bond acceptors (Lipinski definition) is 1. The maximum absolute atomic E-state index is 13.7. The van der Waals surface area contributed by atoms with E-state index in [1.165, 1.54) is 12.1 Å². The van der Waals surface area contributed by atoms with Gasteiger partial charge in [-0.3, -0.25) is 0 Å². The second kappa shape index (κ2) is 6.35. The van der Waals surface area contributed by atoms with Crippen LogP contribution in [0.15, 0.2) is 45.3 Å². The molecule has 0 aliphatic heterocycles. The fourth-order valence-electron chi connectivity index (χ4n) is 1.85. The zero-order valence-corrected chi connectivity index (χ0v) is 13.8. The zero-order valence-electron chi connectivity index (χ0n) is 9.84. The van der Waals surface area contributed by atoms with E-state index in [0.29, 0.717) is 17.0 Å². The lowest BCUT2D eigenvalue weighted by Gasteiger charge is -2.15. The Hall–Kier alpha value is -0.420. The Morgan fingerprint density at radius 1 is 1.16 bits per heavy atom. The fraction of sp³-hybridized carbons (Fsp3) is 0.143. The number of benzene rings is 2. The van der Waals surface area contributed by atoms with Crippen molar-refractivity contribution in [3.05, 3.63) is 67.3 Å². The maximum Gasteiger partial charge on any atom is 0.126 e. The average molecular weight is 408 g/mol. The van der Waals surface area contributed by atoms with Crippen LogP contribution in [0.5, 0.6) is 0 Å². The molecule has 2 aromatic carbocycles. The SMILES string of the molecule is NC(Cc1cc(Cl)ccc1F)c1cc(Br)ccc1Br. The molecule has 0 amide bonds. The molecule has 0 aliphatic rings. The Bertz CT molecular complexity index is 604. The molecular weight excluding hydrogens is 396 g/mol. The lowest BCUT2D eigenvalue weighted by molar-refractivity contribution is 0.593. The summed E-state index contributed by atoms with van der Waals surface area (Å²) in [7, 11) is 0. The van der Waals surface area contributed by atoms with Gasteiger partial charge in [-0.15, -0.1) is 0 Å². The first-order chi connectivity index (χ1) is 8.97. The molecule has 0 aliphatic carbocycles. The van der Waals surface area contributed by atoms with Gasteiger partial charge in [0.05, 0.1) is 0 Å². The number of nitrogens with two attached hydrogens (primary N) is 1. The predicted molar refractivity (Wildman–Crippen MR) is 83.9 cm³/mol. The minimum absolute atomic E-state index is 0.286. The van der Waals surface area contributed by atoms with Crippen molar-refractivity contribution < 1.29 is 4.39 Å². The van der Waals surface area contributed by atoms with Crippen molar-refractivity contribution in [3.8, 4) is 0 Å². The third-order valence-electron chi connectivity index (χ3n) is 2.81. The van der Waals surface area contributed by atoms with E-state index in [1.54, 1.807) is 6.07 Å². The third-order valence-corrected chi connectivity index (χ3v) is 4.26. The van der Waals surface area contributed by atoms with E-state index in [2.05, 4.69) is 31.9 Å². The minimum atomic E-state index is -0.306. The monoisotopic (exact) mass is 405 g/mol. The molecule has 19 heavy (non-hydrogen) atoms. The van der Waals surface area contributed by atoms with Gasteiger partial charge in [0.1, 0.15) is 5.82 Å². The van der Waals surface area contributed by atoms with Crippen LogP contribution in [0.1, 0.15) is 17.2 Å². The van der Waals surface area contributed by atoms with Crippen molar-refractivity contribution in [2.24, 2.45) is 5.73 Å². The van der Waals surface area contributed by atoms with Crippen LogP contribution in [0, 0.1) is 5.82 Å². The molecule has 2 aromatic rings. The van der Waals surface area contributed by atoms with E-state index in [4.69, 9.17) is 17.3 Å². The zero-order chi connectivity index (χ0) is 14.0. The van der Waals surface area contributed by atoms with Gasteiger partial charge in [-0.25, -0.2) is 4.39 Å². The minimum Gasteiger partial charge on any atom is -0.324 e. The van der Waals surface area contributed by atoms with E-state index in [1.807, 2.05) is 18.2 Å². The highest BCUT2D eigenvalue weighted by molar-refractivity contribution is 9.11. The molecule has 1 unspecified atom stereocenters. The lowest BCUT2D eigenvalue weighted by atomic mass is 9.99. The number of hydrogen-bond donors (Lipinski definition) is 1. The van der Waals surface area contributed by atoms with Crippen LogP contribution in [0.3, 0.4) is 0 Å². The second-order valence-corrected chi connectivity index (χ2v) is 6.42. The second-order valence-electron chi connectivity index (χ2n) is 4.21. The average Bonchev–Trinajstić information content (AvgIpc) is 2.36. The standard InChI is InChI=1S/C14H11Br2ClFN/c15-9-1-3-12(16)11(7-9)14(19)6-8-5-10(17)2-4-13(8)18/h1-5,7,14H,6,19H2. The normalized spacial score (nSPS) is 12.5. The van der Waals surface area contributed by atoms with E-state index in [-0.39, 0.29) is 11.9 Å². The smallest absolute Gasteiger partial charge is 0.126 e. The molecule has 1 atom stereocenters. The van der Waals surface area contributed by atoms with E-state index in [9.17, 15) is 4.39 Å². The van der Waals surface area contributed by atoms with Crippen LogP contribution in [0.25, 0.3) is 0 Å². The molecular formula is C14H11Br2ClFN. The first-order valence-electron chi connectivity index (χ1n) is 5.62. The van der Waals surface area contributed by atoms with Crippen LogP contribution in [-0.2, 0) is 6.42 Å². The molecule has 1 nitrogen and oxygen atoms in total. The van der Waals surface area contributed by atoms with Gasteiger partial charge in [0.25, 0.3) is 0 Å². The summed E-state index contributed by atoms with van der Waals surface area (Å²) < 4.78 is 15.5. The molecule has 0 radical (unpaired) electrons. The van der Waals surface area contributed by atoms with Crippen molar-refractivity contribution in [2.75, 3.05) is 0 Å². The highest BCUT2D eigenvalue weighted by atomic mass is 79.9. The lowest BCUT2D eigenvalue weighted by Crippen LogP contribution is -2.14. The van der Waals surface area contributed by atoms with Gasteiger partial charge in [-0.05, 0) is 53.9 Å². The Balaban J connectivity index is 2.27. The highest BCUT2D eigenvalue weighted by Gasteiger charge is 2.14. The van der Waals surface area contributed by atoms with Crippen LogP contribution < -0.4 is 5.73 Å². The Kier molecular flexibility index (Phi) is 5.01. The van der Waals surface area contributed by atoms with E-state index < -0.39 is 0 Å². The van der Waals surface area contributed by atoms with Crippen LogP contribution in [0.4, 0.5) is 4.39 Å². The van der Waals surface area contributed by atoms with Crippen molar-refractivity contribution in [3.63, 3.8) is 0 Å². The van der Waals surface area contributed by atoms with Crippen LogP contribution >= 0.6 is 43.5 Å². The largest absolute Gasteiger partial charge is 0.324 e. The molecule has 0 heterocycles. The topological polar surface area (TPSA) is 26.0 Å². The van der Waals surface area contributed by atoms with Gasteiger partial charge < -0.3 is 5.73 Å².